The summed E-state index contributed by atoms with van der Waals surface area (Å²) in [4.78, 5) is 35.4. The molecule has 6 nitrogen and oxygen atoms in total. The molecule has 0 radical (unpaired) electrons. The number of hydrogen-bond acceptors (Lipinski definition) is 4. The Bertz CT molecular complexity index is 366. The summed E-state index contributed by atoms with van der Waals surface area (Å²) in [6.45, 7) is 5.09. The average molecular weight is 242 g/mol. The average Bonchev–Trinajstić information content (AvgIpc) is 2.43. The normalized spacial score (nSPS) is 26.8. The number of carbonyl (C=O) groups is 3. The van der Waals surface area contributed by atoms with Crippen LogP contribution < -0.4 is 5.73 Å². The first kappa shape index (κ1) is 13.6. The van der Waals surface area contributed by atoms with Crippen molar-refractivity contribution >= 4 is 17.7 Å². The fourth-order valence-electron chi connectivity index (χ4n) is 1.81. The minimum atomic E-state index is -1.50. The SMILES string of the molecule is CC(C)C1(C)CC(=O)N(CC(O)C(N)=O)C1=O. The third-order valence-corrected chi connectivity index (χ3v) is 3.51. The lowest BCUT2D eigenvalue weighted by atomic mass is 9.78. The first-order chi connectivity index (χ1) is 7.70. The molecule has 0 aromatic heterocycles. The van der Waals surface area contributed by atoms with Crippen LogP contribution in [-0.4, -0.2) is 40.4 Å². The van der Waals surface area contributed by atoms with E-state index in [0.717, 1.165) is 4.90 Å². The van der Waals surface area contributed by atoms with E-state index in [1.807, 2.05) is 13.8 Å². The van der Waals surface area contributed by atoms with Gasteiger partial charge >= 0.3 is 0 Å². The highest BCUT2D eigenvalue weighted by atomic mass is 16.3. The summed E-state index contributed by atoms with van der Waals surface area (Å²) < 4.78 is 0. The molecule has 0 aromatic carbocycles. The lowest BCUT2D eigenvalue weighted by Gasteiger charge is -2.26. The van der Waals surface area contributed by atoms with E-state index in [9.17, 15) is 19.5 Å². The van der Waals surface area contributed by atoms with Gasteiger partial charge in [-0.15, -0.1) is 0 Å². The lowest BCUT2D eigenvalue weighted by molar-refractivity contribution is -0.144. The molecule has 6 heteroatoms. The van der Waals surface area contributed by atoms with Crippen molar-refractivity contribution in [3.05, 3.63) is 0 Å². The molecule has 2 unspecified atom stereocenters. The number of amides is 3. The number of nitrogens with two attached hydrogens (primary N) is 1. The molecule has 1 saturated heterocycles. The number of primary amides is 1. The molecule has 0 aromatic rings. The second-order valence-electron chi connectivity index (χ2n) is 4.98. The van der Waals surface area contributed by atoms with Crippen LogP contribution in [-0.2, 0) is 14.4 Å². The molecule has 0 aliphatic carbocycles. The van der Waals surface area contributed by atoms with Gasteiger partial charge in [0.25, 0.3) is 0 Å². The van der Waals surface area contributed by atoms with Crippen molar-refractivity contribution in [2.45, 2.75) is 33.3 Å². The lowest BCUT2D eigenvalue weighted by Crippen LogP contribution is -2.44. The summed E-state index contributed by atoms with van der Waals surface area (Å²) in [5.41, 5.74) is 4.14. The van der Waals surface area contributed by atoms with Gasteiger partial charge < -0.3 is 10.8 Å². The molecule has 17 heavy (non-hydrogen) atoms. The van der Waals surface area contributed by atoms with Gasteiger partial charge in [0, 0.05) is 6.42 Å². The number of aliphatic hydroxyl groups excluding tert-OH is 1. The Labute approximate surface area is 99.8 Å². The van der Waals surface area contributed by atoms with E-state index in [4.69, 9.17) is 5.73 Å². The fourth-order valence-corrected chi connectivity index (χ4v) is 1.81. The van der Waals surface area contributed by atoms with Crippen LogP contribution in [0.4, 0.5) is 0 Å². The third-order valence-electron chi connectivity index (χ3n) is 3.51. The van der Waals surface area contributed by atoms with Gasteiger partial charge in [-0.25, -0.2) is 0 Å². The maximum absolute atomic E-state index is 12.1. The van der Waals surface area contributed by atoms with Gasteiger partial charge in [0.05, 0.1) is 12.0 Å². The molecule has 1 fully saturated rings. The quantitative estimate of drug-likeness (QED) is 0.633. The number of aliphatic hydroxyl groups is 1. The van der Waals surface area contributed by atoms with Crippen LogP contribution in [0.1, 0.15) is 27.2 Å². The first-order valence-electron chi connectivity index (χ1n) is 5.52. The van der Waals surface area contributed by atoms with Gasteiger partial charge in [0.2, 0.25) is 17.7 Å². The van der Waals surface area contributed by atoms with Gasteiger partial charge in [-0.2, -0.15) is 0 Å². The van der Waals surface area contributed by atoms with Gasteiger partial charge in [0.15, 0.2) is 6.10 Å². The molecular weight excluding hydrogens is 224 g/mol. The number of hydrogen-bond donors (Lipinski definition) is 2. The number of rotatable bonds is 4. The highest BCUT2D eigenvalue weighted by Crippen LogP contribution is 2.39. The van der Waals surface area contributed by atoms with Crippen molar-refractivity contribution in [2.75, 3.05) is 6.54 Å². The molecule has 2 atom stereocenters. The summed E-state index contributed by atoms with van der Waals surface area (Å²) in [5, 5.41) is 9.31. The molecule has 0 saturated carbocycles. The fraction of sp³-hybridized carbons (Fsp3) is 0.727. The number of carbonyl (C=O) groups excluding carboxylic acids is 3. The summed E-state index contributed by atoms with van der Waals surface area (Å²) in [6.07, 6.45) is -1.40. The second kappa shape index (κ2) is 4.44. The van der Waals surface area contributed by atoms with E-state index >= 15 is 0 Å². The van der Waals surface area contributed by atoms with E-state index in [-0.39, 0.29) is 30.7 Å². The minimum Gasteiger partial charge on any atom is -0.381 e. The number of nitrogens with zero attached hydrogens (tertiary/aromatic N) is 1. The van der Waals surface area contributed by atoms with Crippen LogP contribution in [0.3, 0.4) is 0 Å². The highest BCUT2D eigenvalue weighted by molar-refractivity contribution is 6.06. The predicted molar refractivity (Wildman–Crippen MR) is 59.5 cm³/mol. The Morgan fingerprint density at radius 3 is 2.41 bits per heavy atom. The van der Waals surface area contributed by atoms with Crippen LogP contribution in [0.15, 0.2) is 0 Å². The number of imide groups is 1. The van der Waals surface area contributed by atoms with E-state index in [1.165, 1.54) is 0 Å². The first-order valence-corrected chi connectivity index (χ1v) is 5.52. The summed E-state index contributed by atoms with van der Waals surface area (Å²) in [7, 11) is 0. The number of likely N-dealkylation sites (tertiary alicyclic amines) is 1. The van der Waals surface area contributed by atoms with Crippen molar-refractivity contribution < 1.29 is 19.5 Å². The maximum atomic E-state index is 12.1. The molecule has 3 amide bonds. The van der Waals surface area contributed by atoms with Crippen LogP contribution in [0.25, 0.3) is 0 Å². The molecular formula is C11H18N2O4. The topological polar surface area (TPSA) is 101 Å². The van der Waals surface area contributed by atoms with Crippen molar-refractivity contribution in [1.29, 1.82) is 0 Å². The van der Waals surface area contributed by atoms with Gasteiger partial charge in [-0.1, -0.05) is 13.8 Å². The van der Waals surface area contributed by atoms with E-state index in [0.29, 0.717) is 0 Å². The largest absolute Gasteiger partial charge is 0.381 e. The van der Waals surface area contributed by atoms with Crippen molar-refractivity contribution in [3.63, 3.8) is 0 Å². The molecule has 0 bridgehead atoms. The van der Waals surface area contributed by atoms with Gasteiger partial charge in [-0.05, 0) is 12.8 Å². The second-order valence-corrected chi connectivity index (χ2v) is 4.98. The Kier molecular flexibility index (Phi) is 3.56. The Morgan fingerprint density at radius 2 is 2.06 bits per heavy atom. The molecule has 3 N–H and O–H groups in total. The monoisotopic (exact) mass is 242 g/mol. The Balaban J connectivity index is 2.87. The molecule has 1 aliphatic heterocycles. The molecule has 1 aliphatic rings. The maximum Gasteiger partial charge on any atom is 0.248 e. The van der Waals surface area contributed by atoms with Crippen molar-refractivity contribution in [1.82, 2.24) is 4.90 Å². The van der Waals surface area contributed by atoms with Crippen LogP contribution in [0, 0.1) is 11.3 Å². The van der Waals surface area contributed by atoms with Crippen LogP contribution in [0.5, 0.6) is 0 Å². The smallest absolute Gasteiger partial charge is 0.248 e. The molecule has 96 valence electrons. The zero-order valence-electron chi connectivity index (χ0n) is 10.3. The number of β-amino-alcohol motifs (C(OH)–C–C–N with tert-alkyl or cyclic N) is 1. The van der Waals surface area contributed by atoms with Crippen LogP contribution >= 0.6 is 0 Å². The zero-order valence-corrected chi connectivity index (χ0v) is 10.3. The van der Waals surface area contributed by atoms with Crippen molar-refractivity contribution in [2.24, 2.45) is 17.1 Å². The van der Waals surface area contributed by atoms with E-state index in [1.54, 1.807) is 6.92 Å². The third kappa shape index (κ3) is 2.31. The highest BCUT2D eigenvalue weighted by Gasteiger charge is 2.50. The van der Waals surface area contributed by atoms with Gasteiger partial charge in [-0.3, -0.25) is 19.3 Å². The summed E-state index contributed by atoms with van der Waals surface area (Å²) in [5.74, 6) is -1.65. The molecule has 1 rings (SSSR count). The van der Waals surface area contributed by atoms with Gasteiger partial charge in [0.1, 0.15) is 0 Å². The van der Waals surface area contributed by atoms with Crippen LogP contribution in [0.2, 0.25) is 0 Å². The Morgan fingerprint density at radius 1 is 1.53 bits per heavy atom. The molecule has 1 heterocycles. The minimum absolute atomic E-state index is 0.00895. The van der Waals surface area contributed by atoms with E-state index in [2.05, 4.69) is 0 Å². The molecule has 0 spiro atoms. The van der Waals surface area contributed by atoms with Crippen molar-refractivity contribution in [3.8, 4) is 0 Å². The summed E-state index contributed by atoms with van der Waals surface area (Å²) >= 11 is 0. The predicted octanol–water partition coefficient (Wildman–Crippen LogP) is -0.746. The Hall–Kier alpha value is -1.43. The van der Waals surface area contributed by atoms with E-state index < -0.39 is 17.4 Å². The zero-order chi connectivity index (χ0) is 13.4. The standard InChI is InChI=1S/C11H18N2O4/c1-6(2)11(3)4-8(15)13(10(11)17)5-7(14)9(12)16/h6-7,14H,4-5H2,1-3H3,(H2,12,16). The summed E-state index contributed by atoms with van der Waals surface area (Å²) in [6, 6.07) is 0.